The minimum atomic E-state index is -0.0806. The summed E-state index contributed by atoms with van der Waals surface area (Å²) in [4.78, 5) is 12.4. The highest BCUT2D eigenvalue weighted by Crippen LogP contribution is 2.28. The molecular formula is C16H24N2O2. The largest absolute Gasteiger partial charge is 0.491 e. The summed E-state index contributed by atoms with van der Waals surface area (Å²) < 4.78 is 5.66. The third-order valence-electron chi connectivity index (χ3n) is 3.76. The molecule has 0 bridgehead atoms. The van der Waals surface area contributed by atoms with Gasteiger partial charge in [0.25, 0.3) is 0 Å². The summed E-state index contributed by atoms with van der Waals surface area (Å²) in [7, 11) is 0. The van der Waals surface area contributed by atoms with Gasteiger partial charge in [0.2, 0.25) is 5.91 Å². The van der Waals surface area contributed by atoms with E-state index in [0.717, 1.165) is 43.5 Å². The maximum Gasteiger partial charge on any atom is 0.229 e. The number of rotatable bonds is 5. The van der Waals surface area contributed by atoms with Crippen molar-refractivity contribution in [2.75, 3.05) is 11.9 Å². The number of amides is 1. The summed E-state index contributed by atoms with van der Waals surface area (Å²) in [6.07, 6.45) is 4.97. The van der Waals surface area contributed by atoms with E-state index in [4.69, 9.17) is 10.5 Å². The molecule has 1 amide bonds. The van der Waals surface area contributed by atoms with Gasteiger partial charge in [-0.2, -0.15) is 0 Å². The van der Waals surface area contributed by atoms with Gasteiger partial charge in [0, 0.05) is 6.04 Å². The molecule has 110 valence electrons. The van der Waals surface area contributed by atoms with E-state index in [1.165, 1.54) is 0 Å². The van der Waals surface area contributed by atoms with Crippen LogP contribution in [0.5, 0.6) is 5.75 Å². The van der Waals surface area contributed by atoms with Gasteiger partial charge in [-0.3, -0.25) is 4.79 Å². The zero-order valence-corrected chi connectivity index (χ0v) is 12.1. The van der Waals surface area contributed by atoms with Gasteiger partial charge >= 0.3 is 0 Å². The molecular weight excluding hydrogens is 252 g/mol. The SMILES string of the molecule is CCCOc1ccccc1NC(=O)C1CCCCC1N. The number of benzene rings is 1. The Hall–Kier alpha value is -1.55. The van der Waals surface area contributed by atoms with E-state index < -0.39 is 0 Å². The Morgan fingerprint density at radius 2 is 2.10 bits per heavy atom. The average molecular weight is 276 g/mol. The summed E-state index contributed by atoms with van der Waals surface area (Å²) in [5, 5.41) is 2.98. The third kappa shape index (κ3) is 3.73. The molecule has 2 rings (SSSR count). The van der Waals surface area contributed by atoms with Gasteiger partial charge in [0.15, 0.2) is 0 Å². The summed E-state index contributed by atoms with van der Waals surface area (Å²) >= 11 is 0. The van der Waals surface area contributed by atoms with Gasteiger partial charge in [0.05, 0.1) is 18.2 Å². The number of anilines is 1. The lowest BCUT2D eigenvalue weighted by atomic mass is 9.84. The molecule has 0 saturated heterocycles. The Bertz CT molecular complexity index is 448. The van der Waals surface area contributed by atoms with Crippen LogP contribution < -0.4 is 15.8 Å². The quantitative estimate of drug-likeness (QED) is 0.869. The van der Waals surface area contributed by atoms with Crippen molar-refractivity contribution < 1.29 is 9.53 Å². The fourth-order valence-electron chi connectivity index (χ4n) is 2.62. The monoisotopic (exact) mass is 276 g/mol. The first-order chi connectivity index (χ1) is 9.72. The molecule has 0 spiro atoms. The maximum absolute atomic E-state index is 12.4. The number of para-hydroxylation sites is 2. The van der Waals surface area contributed by atoms with Crippen LogP contribution in [0.15, 0.2) is 24.3 Å². The van der Waals surface area contributed by atoms with E-state index in [2.05, 4.69) is 12.2 Å². The smallest absolute Gasteiger partial charge is 0.229 e. The zero-order chi connectivity index (χ0) is 14.4. The Kier molecular flexibility index (Phi) is 5.41. The van der Waals surface area contributed by atoms with E-state index in [9.17, 15) is 4.79 Å². The van der Waals surface area contributed by atoms with Crippen molar-refractivity contribution in [3.8, 4) is 5.75 Å². The zero-order valence-electron chi connectivity index (χ0n) is 12.1. The van der Waals surface area contributed by atoms with Crippen LogP contribution in [0, 0.1) is 5.92 Å². The average Bonchev–Trinajstić information content (AvgIpc) is 2.46. The maximum atomic E-state index is 12.4. The molecule has 1 fully saturated rings. The summed E-state index contributed by atoms with van der Waals surface area (Å²) in [5.74, 6) is 0.666. The second-order valence-electron chi connectivity index (χ2n) is 5.39. The van der Waals surface area contributed by atoms with E-state index >= 15 is 0 Å². The first kappa shape index (κ1) is 14.9. The number of carbonyl (C=O) groups is 1. The van der Waals surface area contributed by atoms with Crippen molar-refractivity contribution >= 4 is 11.6 Å². The third-order valence-corrected chi connectivity index (χ3v) is 3.76. The molecule has 4 heteroatoms. The highest BCUT2D eigenvalue weighted by Gasteiger charge is 2.28. The van der Waals surface area contributed by atoms with Gasteiger partial charge in [-0.05, 0) is 31.4 Å². The second-order valence-corrected chi connectivity index (χ2v) is 5.39. The molecule has 1 aliphatic rings. The van der Waals surface area contributed by atoms with Crippen LogP contribution in [0.4, 0.5) is 5.69 Å². The number of nitrogens with two attached hydrogens (primary N) is 1. The first-order valence-corrected chi connectivity index (χ1v) is 7.50. The Morgan fingerprint density at radius 1 is 1.35 bits per heavy atom. The van der Waals surface area contributed by atoms with E-state index in [1.54, 1.807) is 0 Å². The highest BCUT2D eigenvalue weighted by molar-refractivity contribution is 5.94. The number of nitrogens with one attached hydrogen (secondary N) is 1. The van der Waals surface area contributed by atoms with Crippen LogP contribution in [-0.2, 0) is 4.79 Å². The predicted octanol–water partition coefficient (Wildman–Crippen LogP) is 2.93. The predicted molar refractivity (Wildman–Crippen MR) is 80.8 cm³/mol. The second kappa shape index (κ2) is 7.29. The number of hydrogen-bond donors (Lipinski definition) is 2. The van der Waals surface area contributed by atoms with E-state index in [-0.39, 0.29) is 17.9 Å². The van der Waals surface area contributed by atoms with Crippen LogP contribution in [0.1, 0.15) is 39.0 Å². The molecule has 3 N–H and O–H groups in total. The van der Waals surface area contributed by atoms with Crippen molar-refractivity contribution in [3.05, 3.63) is 24.3 Å². The summed E-state index contributed by atoms with van der Waals surface area (Å²) in [5.41, 5.74) is 6.80. The molecule has 0 aromatic heterocycles. The van der Waals surface area contributed by atoms with Gasteiger partial charge in [-0.15, -0.1) is 0 Å². The lowest BCUT2D eigenvalue weighted by molar-refractivity contribution is -0.121. The van der Waals surface area contributed by atoms with Gasteiger partial charge in [0.1, 0.15) is 5.75 Å². The normalized spacial score (nSPS) is 22.3. The Balaban J connectivity index is 2.03. The van der Waals surface area contributed by atoms with Crippen molar-refractivity contribution in [3.63, 3.8) is 0 Å². The first-order valence-electron chi connectivity index (χ1n) is 7.50. The Labute approximate surface area is 120 Å². The molecule has 1 saturated carbocycles. The van der Waals surface area contributed by atoms with Crippen LogP contribution in [0.2, 0.25) is 0 Å². The summed E-state index contributed by atoms with van der Waals surface area (Å²) in [6, 6.07) is 7.54. The minimum absolute atomic E-state index is 0.0183. The Morgan fingerprint density at radius 3 is 2.85 bits per heavy atom. The molecule has 4 nitrogen and oxygen atoms in total. The fourth-order valence-corrected chi connectivity index (χ4v) is 2.62. The van der Waals surface area contributed by atoms with Crippen LogP contribution in [-0.4, -0.2) is 18.6 Å². The van der Waals surface area contributed by atoms with Gasteiger partial charge in [-0.25, -0.2) is 0 Å². The highest BCUT2D eigenvalue weighted by atomic mass is 16.5. The molecule has 1 aromatic carbocycles. The molecule has 0 aliphatic heterocycles. The van der Waals surface area contributed by atoms with E-state index in [1.807, 2.05) is 24.3 Å². The van der Waals surface area contributed by atoms with Crippen LogP contribution >= 0.6 is 0 Å². The van der Waals surface area contributed by atoms with Crippen molar-refractivity contribution in [2.24, 2.45) is 11.7 Å². The topological polar surface area (TPSA) is 64.3 Å². The standard InChI is InChI=1S/C16H24N2O2/c1-2-11-20-15-10-6-5-9-14(15)18-16(19)12-7-3-4-8-13(12)17/h5-6,9-10,12-13H,2-4,7-8,11,17H2,1H3,(H,18,19). The molecule has 2 unspecified atom stereocenters. The van der Waals surface area contributed by atoms with Crippen molar-refractivity contribution in [2.45, 2.75) is 45.1 Å². The fraction of sp³-hybridized carbons (Fsp3) is 0.562. The van der Waals surface area contributed by atoms with Crippen LogP contribution in [0.3, 0.4) is 0 Å². The molecule has 1 aliphatic carbocycles. The van der Waals surface area contributed by atoms with Crippen molar-refractivity contribution in [1.29, 1.82) is 0 Å². The van der Waals surface area contributed by atoms with Crippen molar-refractivity contribution in [1.82, 2.24) is 0 Å². The molecule has 0 radical (unpaired) electrons. The minimum Gasteiger partial charge on any atom is -0.491 e. The lowest BCUT2D eigenvalue weighted by Crippen LogP contribution is -2.40. The van der Waals surface area contributed by atoms with Gasteiger partial charge in [-0.1, -0.05) is 31.9 Å². The molecule has 20 heavy (non-hydrogen) atoms. The van der Waals surface area contributed by atoms with Crippen LogP contribution in [0.25, 0.3) is 0 Å². The lowest BCUT2D eigenvalue weighted by Gasteiger charge is -2.27. The number of hydrogen-bond acceptors (Lipinski definition) is 3. The number of carbonyl (C=O) groups excluding carboxylic acids is 1. The van der Waals surface area contributed by atoms with E-state index in [0.29, 0.717) is 6.61 Å². The molecule has 2 atom stereocenters. The van der Waals surface area contributed by atoms with Gasteiger partial charge < -0.3 is 15.8 Å². The molecule has 1 aromatic rings. The number of ether oxygens (including phenoxy) is 1. The molecule has 0 heterocycles. The summed E-state index contributed by atoms with van der Waals surface area (Å²) in [6.45, 7) is 2.71.